The number of nitrogens with one attached hydrogen (secondary N) is 1. The molecule has 39 heavy (non-hydrogen) atoms. The van der Waals surface area contributed by atoms with Crippen molar-refractivity contribution in [2.45, 2.75) is 72.0 Å². The minimum Gasteiger partial charge on any atom is -0.465 e. The zero-order valence-corrected chi connectivity index (χ0v) is 22.6. The molecule has 0 aliphatic carbocycles. The summed E-state index contributed by atoms with van der Waals surface area (Å²) in [7, 11) is 0. The molecule has 0 fully saturated rings. The van der Waals surface area contributed by atoms with E-state index in [2.05, 4.69) is 20.5 Å². The summed E-state index contributed by atoms with van der Waals surface area (Å²) in [4.78, 5) is 44.0. The molecule has 2 aromatic heterocycles. The average molecular weight is 540 g/mol. The van der Waals surface area contributed by atoms with Crippen LogP contribution in [0.25, 0.3) is 11.5 Å². The van der Waals surface area contributed by atoms with Crippen LogP contribution in [0.2, 0.25) is 0 Å². The third kappa shape index (κ3) is 7.92. The van der Waals surface area contributed by atoms with Crippen molar-refractivity contribution in [1.29, 1.82) is 0 Å². The molecule has 208 valence electrons. The molecule has 0 saturated carbocycles. The van der Waals surface area contributed by atoms with Crippen LogP contribution in [0.3, 0.4) is 0 Å². The molecule has 0 unspecified atom stereocenters. The van der Waals surface area contributed by atoms with Crippen LogP contribution >= 0.6 is 0 Å². The van der Waals surface area contributed by atoms with E-state index in [-0.39, 0.29) is 31.2 Å². The monoisotopic (exact) mass is 539 g/mol. The van der Waals surface area contributed by atoms with Gasteiger partial charge in [0.2, 0.25) is 17.6 Å². The van der Waals surface area contributed by atoms with E-state index in [4.69, 9.17) is 4.42 Å². The number of halogens is 1. The summed E-state index contributed by atoms with van der Waals surface area (Å²) in [5.74, 6) is -1.79. The summed E-state index contributed by atoms with van der Waals surface area (Å²) in [5.41, 5.74) is 0.554. The number of carbonyl (C=O) groups excluding carboxylic acids is 2. The molecule has 0 spiro atoms. The molecule has 0 saturated heterocycles. The zero-order valence-electron chi connectivity index (χ0n) is 22.6. The highest BCUT2D eigenvalue weighted by Crippen LogP contribution is 2.31. The molecular weight excluding hydrogens is 505 g/mol. The van der Waals surface area contributed by atoms with Gasteiger partial charge < -0.3 is 14.8 Å². The molecule has 2 amide bonds. The van der Waals surface area contributed by atoms with E-state index in [1.54, 1.807) is 24.5 Å². The van der Waals surface area contributed by atoms with Gasteiger partial charge >= 0.3 is 6.09 Å². The first-order chi connectivity index (χ1) is 18.5. The molecule has 11 heteroatoms. The molecule has 0 bridgehead atoms. The lowest BCUT2D eigenvalue weighted by Gasteiger charge is -2.41. The maximum absolute atomic E-state index is 13.4. The number of benzene rings is 1. The lowest BCUT2D eigenvalue weighted by Crippen LogP contribution is -2.57. The highest BCUT2D eigenvalue weighted by molar-refractivity contribution is 6.38. The number of carboxylic acid groups (broad SMARTS) is 1. The SMILES string of the molecule is CCCC[C@@H](C(=O)C(=O)NCc1cccnc1)N(C(=O)O)[C@H](Cc1nnc(-c2ccc(F)cc2)o1)C(C)(C)C. The number of pyridine rings is 1. The molecular formula is C28H34FN5O5. The van der Waals surface area contributed by atoms with E-state index in [1.807, 2.05) is 27.7 Å². The van der Waals surface area contributed by atoms with Crippen LogP contribution in [-0.4, -0.2) is 55.1 Å². The van der Waals surface area contributed by atoms with Crippen molar-refractivity contribution >= 4 is 17.8 Å². The van der Waals surface area contributed by atoms with Gasteiger partial charge in [0.05, 0.1) is 0 Å². The van der Waals surface area contributed by atoms with Gasteiger partial charge in [-0.15, -0.1) is 10.2 Å². The third-order valence-corrected chi connectivity index (χ3v) is 6.35. The van der Waals surface area contributed by atoms with E-state index in [1.165, 1.54) is 24.3 Å². The number of amides is 2. The number of carbonyl (C=O) groups is 3. The molecule has 3 rings (SSSR count). The fourth-order valence-corrected chi connectivity index (χ4v) is 4.23. The Kier molecular flexibility index (Phi) is 9.86. The predicted molar refractivity (Wildman–Crippen MR) is 141 cm³/mol. The summed E-state index contributed by atoms with van der Waals surface area (Å²) in [5, 5.41) is 21.0. The molecule has 3 aromatic rings. The quantitative estimate of drug-likeness (QED) is 0.317. The number of hydrogen-bond acceptors (Lipinski definition) is 7. The smallest absolute Gasteiger partial charge is 0.408 e. The Hall–Kier alpha value is -4.15. The fourth-order valence-electron chi connectivity index (χ4n) is 4.23. The Bertz CT molecular complexity index is 1260. The number of aromatic nitrogens is 3. The van der Waals surface area contributed by atoms with Gasteiger partial charge in [0.15, 0.2) is 0 Å². The van der Waals surface area contributed by atoms with Crippen LogP contribution in [0.15, 0.2) is 53.2 Å². The van der Waals surface area contributed by atoms with Gasteiger partial charge in [-0.1, -0.05) is 46.6 Å². The average Bonchev–Trinajstić information content (AvgIpc) is 3.37. The van der Waals surface area contributed by atoms with Crippen LogP contribution in [0.1, 0.15) is 58.4 Å². The van der Waals surface area contributed by atoms with Gasteiger partial charge in [0.25, 0.3) is 5.91 Å². The maximum atomic E-state index is 13.4. The highest BCUT2D eigenvalue weighted by Gasteiger charge is 2.43. The van der Waals surface area contributed by atoms with E-state index in [0.717, 1.165) is 4.90 Å². The Morgan fingerprint density at radius 3 is 2.44 bits per heavy atom. The van der Waals surface area contributed by atoms with E-state index >= 15 is 0 Å². The van der Waals surface area contributed by atoms with E-state index in [9.17, 15) is 23.9 Å². The van der Waals surface area contributed by atoms with Gasteiger partial charge in [-0.3, -0.25) is 19.5 Å². The Morgan fingerprint density at radius 2 is 1.85 bits per heavy atom. The van der Waals surface area contributed by atoms with Crippen molar-refractivity contribution < 1.29 is 28.3 Å². The lowest BCUT2D eigenvalue weighted by atomic mass is 9.82. The summed E-state index contributed by atoms with van der Waals surface area (Å²) in [6.45, 7) is 7.53. The second-order valence-corrected chi connectivity index (χ2v) is 10.3. The van der Waals surface area contributed by atoms with Gasteiger partial charge in [-0.05, 0) is 47.7 Å². The molecule has 0 aliphatic heterocycles. The Balaban J connectivity index is 1.88. The van der Waals surface area contributed by atoms with Crippen LogP contribution < -0.4 is 5.32 Å². The predicted octanol–water partition coefficient (Wildman–Crippen LogP) is 4.65. The molecule has 2 N–H and O–H groups in total. The third-order valence-electron chi connectivity index (χ3n) is 6.35. The molecule has 0 aliphatic rings. The van der Waals surface area contributed by atoms with Crippen molar-refractivity contribution in [3.63, 3.8) is 0 Å². The highest BCUT2D eigenvalue weighted by atomic mass is 19.1. The van der Waals surface area contributed by atoms with Crippen molar-refractivity contribution in [2.75, 3.05) is 0 Å². The van der Waals surface area contributed by atoms with Crippen molar-refractivity contribution in [3.8, 4) is 11.5 Å². The maximum Gasteiger partial charge on any atom is 0.408 e. The topological polar surface area (TPSA) is 139 Å². The number of rotatable bonds is 12. The standard InChI is InChI=1S/C28H34FN5O5/c1-5-6-9-21(24(35)25(36)31-17-18-8-7-14-30-16-18)34(27(37)38)22(28(2,3)4)15-23-32-33-26(39-23)19-10-12-20(29)13-11-19/h7-8,10-14,16,21-22H,5-6,9,15,17H2,1-4H3,(H,31,36)(H,37,38)/t21-,22+/m0/s1. The van der Waals surface area contributed by atoms with Gasteiger partial charge in [0.1, 0.15) is 11.9 Å². The fraction of sp³-hybridized carbons (Fsp3) is 0.429. The first-order valence-corrected chi connectivity index (χ1v) is 12.8. The van der Waals surface area contributed by atoms with E-state index in [0.29, 0.717) is 24.0 Å². The number of Topliss-reactive ketones (excluding diaryl/α,β-unsaturated/α-hetero) is 1. The first kappa shape index (κ1) is 29.4. The molecule has 1 aromatic carbocycles. The number of hydrogen-bond donors (Lipinski definition) is 2. The van der Waals surface area contributed by atoms with Crippen LogP contribution in [-0.2, 0) is 22.6 Å². The van der Waals surface area contributed by atoms with Crippen LogP contribution in [0.5, 0.6) is 0 Å². The van der Waals surface area contributed by atoms with Crippen LogP contribution in [0.4, 0.5) is 9.18 Å². The van der Waals surface area contributed by atoms with Crippen molar-refractivity contribution in [2.24, 2.45) is 5.41 Å². The van der Waals surface area contributed by atoms with Crippen molar-refractivity contribution in [3.05, 3.63) is 66.1 Å². The first-order valence-electron chi connectivity index (χ1n) is 12.8. The molecule has 10 nitrogen and oxygen atoms in total. The Labute approximate surface area is 226 Å². The molecule has 2 heterocycles. The van der Waals surface area contributed by atoms with Gasteiger partial charge in [0, 0.05) is 37.0 Å². The molecule has 2 atom stereocenters. The number of ketones is 1. The lowest BCUT2D eigenvalue weighted by molar-refractivity contribution is -0.141. The second kappa shape index (κ2) is 13.1. The summed E-state index contributed by atoms with van der Waals surface area (Å²) in [6, 6.07) is 7.03. The van der Waals surface area contributed by atoms with Crippen molar-refractivity contribution in [1.82, 2.24) is 25.4 Å². The number of unbranched alkanes of at least 4 members (excludes halogenated alkanes) is 1. The summed E-state index contributed by atoms with van der Waals surface area (Å²) in [6.07, 6.45) is 3.28. The molecule has 0 radical (unpaired) electrons. The minimum absolute atomic E-state index is 0.0111. The zero-order chi connectivity index (χ0) is 28.6. The largest absolute Gasteiger partial charge is 0.465 e. The summed E-state index contributed by atoms with van der Waals surface area (Å²) >= 11 is 0. The van der Waals surface area contributed by atoms with Gasteiger partial charge in [-0.25, -0.2) is 9.18 Å². The van der Waals surface area contributed by atoms with Gasteiger partial charge in [-0.2, -0.15) is 0 Å². The summed E-state index contributed by atoms with van der Waals surface area (Å²) < 4.78 is 19.1. The second-order valence-electron chi connectivity index (χ2n) is 10.3. The minimum atomic E-state index is -1.33. The normalized spacial score (nSPS) is 12.9. The Morgan fingerprint density at radius 1 is 1.13 bits per heavy atom. The van der Waals surface area contributed by atoms with E-state index < -0.39 is 41.1 Å². The van der Waals surface area contributed by atoms with Crippen LogP contribution in [0, 0.1) is 11.2 Å². The number of nitrogens with zero attached hydrogens (tertiary/aromatic N) is 4.